The number of anilines is 1. The number of sulfonamides is 1. The molecule has 0 saturated carbocycles. The molecule has 18 heavy (non-hydrogen) atoms. The van der Waals surface area contributed by atoms with Crippen LogP contribution in [0.4, 0.5) is 5.69 Å². The Morgan fingerprint density at radius 3 is 2.89 bits per heavy atom. The van der Waals surface area contributed by atoms with Gasteiger partial charge in [0.15, 0.2) is 0 Å². The monoisotopic (exact) mass is 269 g/mol. The van der Waals surface area contributed by atoms with E-state index in [2.05, 4.69) is 10.0 Å². The summed E-state index contributed by atoms with van der Waals surface area (Å²) in [5.41, 5.74) is 2.12. The summed E-state index contributed by atoms with van der Waals surface area (Å²) in [7, 11) is 0.426. The number of likely N-dealkylation sites (N-methyl/N-ethyl adjacent to an activating group) is 1. The van der Waals surface area contributed by atoms with Gasteiger partial charge in [0.05, 0.1) is 4.90 Å². The van der Waals surface area contributed by atoms with Crippen molar-refractivity contribution >= 4 is 15.7 Å². The van der Waals surface area contributed by atoms with Crippen LogP contribution in [0.15, 0.2) is 23.1 Å². The molecule has 1 aromatic rings. The fourth-order valence-electron chi connectivity index (χ4n) is 1.92. The molecule has 1 aliphatic heterocycles. The highest BCUT2D eigenvalue weighted by Crippen LogP contribution is 2.25. The van der Waals surface area contributed by atoms with Crippen LogP contribution in [0.1, 0.15) is 5.56 Å². The minimum absolute atomic E-state index is 0.328. The Labute approximate surface area is 108 Å². The van der Waals surface area contributed by atoms with Crippen LogP contribution in [-0.4, -0.2) is 47.0 Å². The van der Waals surface area contributed by atoms with Crippen LogP contribution < -0.4 is 10.0 Å². The lowest BCUT2D eigenvalue weighted by molar-refractivity contribution is 0.412. The summed E-state index contributed by atoms with van der Waals surface area (Å²) in [4.78, 5) is 2.27. The molecule has 0 spiro atoms. The summed E-state index contributed by atoms with van der Waals surface area (Å²) in [5, 5.41) is 3.19. The summed E-state index contributed by atoms with van der Waals surface area (Å²) in [6.07, 6.45) is 0.962. The van der Waals surface area contributed by atoms with Crippen LogP contribution in [-0.2, 0) is 16.4 Å². The molecule has 1 aliphatic rings. The molecule has 6 heteroatoms. The third-order valence-electron chi connectivity index (χ3n) is 2.95. The SMILES string of the molecule is CN(C)CCNS(=O)(=O)c1ccc2c(c1)NCC2. The molecule has 1 heterocycles. The summed E-state index contributed by atoms with van der Waals surface area (Å²) in [6.45, 7) is 1.98. The fourth-order valence-corrected chi connectivity index (χ4v) is 2.97. The maximum atomic E-state index is 12.1. The zero-order chi connectivity index (χ0) is 13.2. The van der Waals surface area contributed by atoms with Crippen LogP contribution in [0.5, 0.6) is 0 Å². The zero-order valence-corrected chi connectivity index (χ0v) is 11.5. The second-order valence-electron chi connectivity index (χ2n) is 4.70. The van der Waals surface area contributed by atoms with E-state index >= 15 is 0 Å². The minimum Gasteiger partial charge on any atom is -0.384 e. The summed E-state index contributed by atoms with van der Waals surface area (Å²) in [6, 6.07) is 5.26. The van der Waals surface area contributed by atoms with Gasteiger partial charge in [-0.15, -0.1) is 0 Å². The van der Waals surface area contributed by atoms with Crippen LogP contribution >= 0.6 is 0 Å². The first-order valence-corrected chi connectivity index (χ1v) is 7.48. The Hall–Kier alpha value is -1.11. The molecule has 0 radical (unpaired) electrons. The molecule has 0 fully saturated rings. The van der Waals surface area contributed by atoms with Gasteiger partial charge in [-0.05, 0) is 38.2 Å². The molecule has 0 atom stereocenters. The standard InChI is InChI=1S/C12H19N3O2S/c1-15(2)8-7-14-18(16,17)11-4-3-10-5-6-13-12(10)9-11/h3-4,9,13-14H,5-8H2,1-2H3. The van der Waals surface area contributed by atoms with E-state index in [1.165, 1.54) is 5.56 Å². The summed E-state index contributed by atoms with van der Waals surface area (Å²) >= 11 is 0. The molecule has 2 rings (SSSR count). The van der Waals surface area contributed by atoms with Crippen molar-refractivity contribution in [2.75, 3.05) is 39.0 Å². The fraction of sp³-hybridized carbons (Fsp3) is 0.500. The summed E-state index contributed by atoms with van der Waals surface area (Å²) < 4.78 is 26.7. The first-order valence-electron chi connectivity index (χ1n) is 6.00. The highest BCUT2D eigenvalue weighted by molar-refractivity contribution is 7.89. The average Bonchev–Trinajstić information content (AvgIpc) is 2.74. The maximum absolute atomic E-state index is 12.1. The maximum Gasteiger partial charge on any atom is 0.240 e. The highest BCUT2D eigenvalue weighted by atomic mass is 32.2. The third kappa shape index (κ3) is 3.01. The van der Waals surface area contributed by atoms with Gasteiger partial charge < -0.3 is 10.2 Å². The van der Waals surface area contributed by atoms with E-state index in [1.54, 1.807) is 12.1 Å². The number of rotatable bonds is 5. The van der Waals surface area contributed by atoms with Crippen molar-refractivity contribution < 1.29 is 8.42 Å². The third-order valence-corrected chi connectivity index (χ3v) is 4.41. The van der Waals surface area contributed by atoms with Gasteiger partial charge in [-0.25, -0.2) is 13.1 Å². The van der Waals surface area contributed by atoms with Crippen molar-refractivity contribution in [1.82, 2.24) is 9.62 Å². The molecule has 0 unspecified atom stereocenters. The zero-order valence-electron chi connectivity index (χ0n) is 10.7. The van der Waals surface area contributed by atoms with Gasteiger partial charge in [-0.3, -0.25) is 0 Å². The second kappa shape index (κ2) is 5.26. The average molecular weight is 269 g/mol. The molecule has 0 aromatic heterocycles. The lowest BCUT2D eigenvalue weighted by Crippen LogP contribution is -2.31. The topological polar surface area (TPSA) is 61.4 Å². The van der Waals surface area contributed by atoms with Crippen molar-refractivity contribution in [1.29, 1.82) is 0 Å². The quantitative estimate of drug-likeness (QED) is 0.817. The van der Waals surface area contributed by atoms with Gasteiger partial charge in [0.1, 0.15) is 0 Å². The van der Waals surface area contributed by atoms with Crippen molar-refractivity contribution in [3.63, 3.8) is 0 Å². The van der Waals surface area contributed by atoms with Gasteiger partial charge in [0.2, 0.25) is 10.0 Å². The Morgan fingerprint density at radius 1 is 1.39 bits per heavy atom. The molecule has 0 amide bonds. The molecular formula is C12H19N3O2S. The molecule has 0 aliphatic carbocycles. The summed E-state index contributed by atoms with van der Waals surface area (Å²) in [5.74, 6) is 0. The molecular weight excluding hydrogens is 250 g/mol. The van der Waals surface area contributed by atoms with Gasteiger partial charge in [0, 0.05) is 25.3 Å². The first kappa shape index (κ1) is 13.3. The Kier molecular flexibility index (Phi) is 3.89. The van der Waals surface area contributed by atoms with Crippen molar-refractivity contribution in [3.05, 3.63) is 23.8 Å². The molecule has 2 N–H and O–H groups in total. The lowest BCUT2D eigenvalue weighted by Gasteiger charge is -2.11. The molecule has 100 valence electrons. The Balaban J connectivity index is 2.10. The van der Waals surface area contributed by atoms with E-state index in [9.17, 15) is 8.42 Å². The Morgan fingerprint density at radius 2 is 2.17 bits per heavy atom. The first-order chi connectivity index (χ1) is 8.49. The number of nitrogens with one attached hydrogen (secondary N) is 2. The highest BCUT2D eigenvalue weighted by Gasteiger charge is 2.17. The van der Waals surface area contributed by atoms with Crippen LogP contribution in [0.25, 0.3) is 0 Å². The van der Waals surface area contributed by atoms with E-state index in [0.717, 1.165) is 18.7 Å². The van der Waals surface area contributed by atoms with Gasteiger partial charge in [-0.1, -0.05) is 6.07 Å². The number of hydrogen-bond acceptors (Lipinski definition) is 4. The normalized spacial score (nSPS) is 14.6. The predicted octanol–water partition coefficient (Wildman–Crippen LogP) is 0.495. The minimum atomic E-state index is -3.39. The van der Waals surface area contributed by atoms with Crippen LogP contribution in [0.2, 0.25) is 0 Å². The molecule has 5 nitrogen and oxygen atoms in total. The van der Waals surface area contributed by atoms with E-state index in [1.807, 2.05) is 25.1 Å². The van der Waals surface area contributed by atoms with E-state index in [0.29, 0.717) is 18.0 Å². The number of benzene rings is 1. The lowest BCUT2D eigenvalue weighted by atomic mass is 10.2. The number of fused-ring (bicyclic) bond motifs is 1. The number of hydrogen-bond donors (Lipinski definition) is 2. The largest absolute Gasteiger partial charge is 0.384 e. The van der Waals surface area contributed by atoms with Crippen molar-refractivity contribution in [2.45, 2.75) is 11.3 Å². The van der Waals surface area contributed by atoms with Gasteiger partial charge >= 0.3 is 0 Å². The van der Waals surface area contributed by atoms with E-state index < -0.39 is 10.0 Å². The van der Waals surface area contributed by atoms with Gasteiger partial charge in [0.25, 0.3) is 0 Å². The molecule has 1 aromatic carbocycles. The second-order valence-corrected chi connectivity index (χ2v) is 6.46. The van der Waals surface area contributed by atoms with E-state index in [-0.39, 0.29) is 0 Å². The van der Waals surface area contributed by atoms with Crippen LogP contribution in [0.3, 0.4) is 0 Å². The van der Waals surface area contributed by atoms with E-state index in [4.69, 9.17) is 0 Å². The number of nitrogens with zero attached hydrogens (tertiary/aromatic N) is 1. The molecule has 0 bridgehead atoms. The smallest absolute Gasteiger partial charge is 0.240 e. The van der Waals surface area contributed by atoms with Crippen molar-refractivity contribution in [2.24, 2.45) is 0 Å². The van der Waals surface area contributed by atoms with Crippen LogP contribution in [0, 0.1) is 0 Å². The Bertz CT molecular complexity index is 526. The predicted molar refractivity (Wildman–Crippen MR) is 72.4 cm³/mol. The van der Waals surface area contributed by atoms with Crippen molar-refractivity contribution in [3.8, 4) is 0 Å². The molecule has 0 saturated heterocycles. The van der Waals surface area contributed by atoms with Gasteiger partial charge in [-0.2, -0.15) is 0 Å².